The van der Waals surface area contributed by atoms with Gasteiger partial charge in [-0.15, -0.1) is 11.3 Å². The summed E-state index contributed by atoms with van der Waals surface area (Å²) in [4.78, 5) is 1.51. The molecule has 3 heteroatoms. The van der Waals surface area contributed by atoms with E-state index < -0.39 is 0 Å². The van der Waals surface area contributed by atoms with Crippen LogP contribution in [0.5, 0.6) is 0 Å². The average Bonchev–Trinajstić information content (AvgIpc) is 2.71. The standard InChI is InChI=1S/C15H24BrNS/c1-4-11-7-5-6-8-12(11)14(17-3)13-9-10(2)15(16)18-13/h9,11-12,14,17H,4-8H2,1-3H3. The Morgan fingerprint density at radius 3 is 2.72 bits per heavy atom. The number of rotatable bonds is 4. The van der Waals surface area contributed by atoms with Crippen molar-refractivity contribution in [1.29, 1.82) is 0 Å². The predicted octanol–water partition coefficient (Wildman–Crippen LogP) is 5.30. The van der Waals surface area contributed by atoms with Crippen molar-refractivity contribution in [3.05, 3.63) is 20.3 Å². The van der Waals surface area contributed by atoms with E-state index >= 15 is 0 Å². The maximum absolute atomic E-state index is 3.66. The minimum atomic E-state index is 0.547. The van der Waals surface area contributed by atoms with Gasteiger partial charge in [0.15, 0.2) is 0 Å². The minimum Gasteiger partial charge on any atom is -0.312 e. The molecule has 2 rings (SSSR count). The number of hydrogen-bond donors (Lipinski definition) is 1. The quantitative estimate of drug-likeness (QED) is 0.790. The van der Waals surface area contributed by atoms with Crippen LogP contribution in [-0.4, -0.2) is 7.05 Å². The first-order chi connectivity index (χ1) is 8.67. The molecule has 0 amide bonds. The van der Waals surface area contributed by atoms with Crippen LogP contribution < -0.4 is 5.32 Å². The first-order valence-corrected chi connectivity index (χ1v) is 8.71. The summed E-state index contributed by atoms with van der Waals surface area (Å²) >= 11 is 5.57. The van der Waals surface area contributed by atoms with E-state index in [0.717, 1.165) is 11.8 Å². The van der Waals surface area contributed by atoms with E-state index in [1.165, 1.54) is 46.3 Å². The molecule has 1 aromatic rings. The number of hydrogen-bond acceptors (Lipinski definition) is 2. The van der Waals surface area contributed by atoms with Crippen LogP contribution in [0.2, 0.25) is 0 Å². The van der Waals surface area contributed by atoms with Crippen LogP contribution in [-0.2, 0) is 0 Å². The highest BCUT2D eigenvalue weighted by molar-refractivity contribution is 9.11. The Labute approximate surface area is 123 Å². The highest BCUT2D eigenvalue weighted by atomic mass is 79.9. The first kappa shape index (κ1) is 14.5. The van der Waals surface area contributed by atoms with E-state index in [9.17, 15) is 0 Å². The van der Waals surface area contributed by atoms with Crippen molar-refractivity contribution in [3.63, 3.8) is 0 Å². The van der Waals surface area contributed by atoms with Crippen molar-refractivity contribution < 1.29 is 0 Å². The van der Waals surface area contributed by atoms with Crippen molar-refractivity contribution >= 4 is 27.3 Å². The Morgan fingerprint density at radius 2 is 2.17 bits per heavy atom. The maximum atomic E-state index is 3.66. The van der Waals surface area contributed by atoms with Gasteiger partial charge in [0.25, 0.3) is 0 Å². The second-order valence-electron chi connectivity index (χ2n) is 5.49. The van der Waals surface area contributed by atoms with Crippen LogP contribution in [0.4, 0.5) is 0 Å². The van der Waals surface area contributed by atoms with Gasteiger partial charge in [-0.1, -0.05) is 32.6 Å². The van der Waals surface area contributed by atoms with Crippen molar-refractivity contribution in [3.8, 4) is 0 Å². The molecule has 18 heavy (non-hydrogen) atoms. The molecular weight excluding hydrogens is 306 g/mol. The third kappa shape index (κ3) is 3.00. The molecule has 1 aromatic heterocycles. The Kier molecular flexibility index (Phi) is 5.28. The summed E-state index contributed by atoms with van der Waals surface area (Å²) in [6.07, 6.45) is 6.97. The van der Waals surface area contributed by atoms with Crippen LogP contribution in [0.1, 0.15) is 55.5 Å². The summed E-state index contributed by atoms with van der Waals surface area (Å²) in [5, 5.41) is 3.58. The molecule has 1 heterocycles. The highest BCUT2D eigenvalue weighted by Gasteiger charge is 2.31. The van der Waals surface area contributed by atoms with Crippen molar-refractivity contribution in [2.45, 2.75) is 52.0 Å². The summed E-state index contributed by atoms with van der Waals surface area (Å²) in [6.45, 7) is 4.54. The molecule has 3 atom stereocenters. The lowest BCUT2D eigenvalue weighted by molar-refractivity contribution is 0.182. The lowest BCUT2D eigenvalue weighted by Crippen LogP contribution is -2.32. The van der Waals surface area contributed by atoms with Crippen LogP contribution in [0.25, 0.3) is 0 Å². The zero-order valence-electron chi connectivity index (χ0n) is 11.6. The minimum absolute atomic E-state index is 0.547. The summed E-state index contributed by atoms with van der Waals surface area (Å²) in [5.74, 6) is 1.72. The van der Waals surface area contributed by atoms with Gasteiger partial charge in [0.2, 0.25) is 0 Å². The van der Waals surface area contributed by atoms with Gasteiger partial charge in [-0.05, 0) is 59.8 Å². The fourth-order valence-corrected chi connectivity index (χ4v) is 5.14. The van der Waals surface area contributed by atoms with Gasteiger partial charge in [-0.2, -0.15) is 0 Å². The van der Waals surface area contributed by atoms with E-state index in [4.69, 9.17) is 0 Å². The molecular formula is C15H24BrNS. The lowest BCUT2D eigenvalue weighted by Gasteiger charge is -2.36. The summed E-state index contributed by atoms with van der Waals surface area (Å²) in [6, 6.07) is 2.90. The van der Waals surface area contributed by atoms with Gasteiger partial charge in [0.05, 0.1) is 3.79 Å². The zero-order chi connectivity index (χ0) is 13.1. The lowest BCUT2D eigenvalue weighted by atomic mass is 9.73. The summed E-state index contributed by atoms with van der Waals surface area (Å²) in [7, 11) is 2.12. The Balaban J connectivity index is 2.21. The highest BCUT2D eigenvalue weighted by Crippen LogP contribution is 2.43. The Morgan fingerprint density at radius 1 is 1.44 bits per heavy atom. The van der Waals surface area contributed by atoms with Crippen molar-refractivity contribution in [1.82, 2.24) is 5.32 Å². The molecule has 1 N–H and O–H groups in total. The fourth-order valence-electron chi connectivity index (χ4n) is 3.39. The molecule has 1 fully saturated rings. The predicted molar refractivity (Wildman–Crippen MR) is 84.3 cm³/mol. The SMILES string of the molecule is CCC1CCCCC1C(NC)c1cc(C)c(Br)s1. The topological polar surface area (TPSA) is 12.0 Å². The van der Waals surface area contributed by atoms with E-state index in [2.05, 4.69) is 48.2 Å². The molecule has 0 spiro atoms. The van der Waals surface area contributed by atoms with Gasteiger partial charge in [-0.3, -0.25) is 0 Å². The second kappa shape index (κ2) is 6.53. The van der Waals surface area contributed by atoms with Crippen molar-refractivity contribution in [2.24, 2.45) is 11.8 Å². The third-order valence-electron chi connectivity index (χ3n) is 4.41. The van der Waals surface area contributed by atoms with Gasteiger partial charge < -0.3 is 5.32 Å². The molecule has 1 nitrogen and oxygen atoms in total. The first-order valence-electron chi connectivity index (χ1n) is 7.10. The van der Waals surface area contributed by atoms with Gasteiger partial charge in [0.1, 0.15) is 0 Å². The van der Waals surface area contributed by atoms with Gasteiger partial charge in [0, 0.05) is 10.9 Å². The van der Waals surface area contributed by atoms with E-state index in [-0.39, 0.29) is 0 Å². The maximum Gasteiger partial charge on any atom is 0.0731 e. The second-order valence-corrected chi connectivity index (χ2v) is 7.89. The van der Waals surface area contributed by atoms with Crippen LogP contribution in [0, 0.1) is 18.8 Å². The van der Waals surface area contributed by atoms with Crippen LogP contribution in [0.15, 0.2) is 9.85 Å². The fraction of sp³-hybridized carbons (Fsp3) is 0.733. The Bertz CT molecular complexity index is 368. The number of halogens is 1. The van der Waals surface area contributed by atoms with E-state index in [0.29, 0.717) is 6.04 Å². The molecule has 0 bridgehead atoms. The van der Waals surface area contributed by atoms with Crippen molar-refractivity contribution in [2.75, 3.05) is 7.05 Å². The molecule has 0 saturated heterocycles. The Hall–Kier alpha value is 0.140. The zero-order valence-corrected chi connectivity index (χ0v) is 14.0. The third-order valence-corrected chi connectivity index (χ3v) is 6.63. The number of aryl methyl sites for hydroxylation is 1. The normalized spacial score (nSPS) is 26.2. The number of thiophene rings is 1. The van der Waals surface area contributed by atoms with E-state index in [1.807, 2.05) is 11.3 Å². The monoisotopic (exact) mass is 329 g/mol. The summed E-state index contributed by atoms with van der Waals surface area (Å²) < 4.78 is 1.29. The number of nitrogens with one attached hydrogen (secondary N) is 1. The molecule has 1 aliphatic carbocycles. The van der Waals surface area contributed by atoms with E-state index in [1.54, 1.807) is 0 Å². The molecule has 0 radical (unpaired) electrons. The van der Waals surface area contributed by atoms with Crippen LogP contribution in [0.3, 0.4) is 0 Å². The van der Waals surface area contributed by atoms with Crippen LogP contribution >= 0.6 is 27.3 Å². The molecule has 102 valence electrons. The summed E-state index contributed by atoms with van der Waals surface area (Å²) in [5.41, 5.74) is 1.37. The largest absolute Gasteiger partial charge is 0.312 e. The average molecular weight is 330 g/mol. The molecule has 1 aliphatic rings. The van der Waals surface area contributed by atoms with Gasteiger partial charge >= 0.3 is 0 Å². The molecule has 3 unspecified atom stereocenters. The molecule has 1 saturated carbocycles. The smallest absolute Gasteiger partial charge is 0.0731 e. The van der Waals surface area contributed by atoms with Gasteiger partial charge in [-0.25, -0.2) is 0 Å². The molecule has 0 aromatic carbocycles. The molecule has 0 aliphatic heterocycles.